The van der Waals surface area contributed by atoms with Gasteiger partial charge >= 0.3 is 0 Å². The van der Waals surface area contributed by atoms with Crippen LogP contribution in [0.3, 0.4) is 0 Å². The van der Waals surface area contributed by atoms with Crippen LogP contribution in [0.1, 0.15) is 29.4 Å². The van der Waals surface area contributed by atoms with E-state index in [4.69, 9.17) is 0 Å². The minimum atomic E-state index is -3.62. The molecule has 0 spiro atoms. The maximum absolute atomic E-state index is 13.3. The molecule has 0 radical (unpaired) electrons. The summed E-state index contributed by atoms with van der Waals surface area (Å²) in [7, 11) is -1.82. The first kappa shape index (κ1) is 20.7. The molecule has 160 valence electrons. The number of sulfonamides is 1. The molecule has 1 amide bonds. The molecule has 1 unspecified atom stereocenters. The third kappa shape index (κ3) is 4.33. The molecule has 1 aliphatic rings. The Bertz CT molecular complexity index is 1250. The average molecular weight is 441 g/mol. The van der Waals surface area contributed by atoms with Gasteiger partial charge in [0.2, 0.25) is 5.91 Å². The van der Waals surface area contributed by atoms with Crippen LogP contribution in [-0.2, 0) is 21.9 Å². The summed E-state index contributed by atoms with van der Waals surface area (Å²) in [6, 6.07) is 11.8. The van der Waals surface area contributed by atoms with E-state index >= 15 is 0 Å². The Balaban J connectivity index is 1.47. The van der Waals surface area contributed by atoms with Crippen molar-refractivity contribution in [1.29, 1.82) is 0 Å². The topological polar surface area (TPSA) is 105 Å². The molecular weight excluding hydrogens is 421 g/mol. The Morgan fingerprint density at radius 2 is 1.97 bits per heavy atom. The molecule has 3 aromatic rings. The van der Waals surface area contributed by atoms with E-state index in [1.807, 2.05) is 0 Å². The fourth-order valence-electron chi connectivity index (χ4n) is 3.36. The van der Waals surface area contributed by atoms with Gasteiger partial charge in [-0.15, -0.1) is 0 Å². The van der Waals surface area contributed by atoms with Gasteiger partial charge in [0.05, 0.1) is 11.4 Å². The van der Waals surface area contributed by atoms with E-state index in [0.717, 1.165) is 0 Å². The number of rotatable bonds is 6. The van der Waals surface area contributed by atoms with E-state index in [0.29, 0.717) is 17.0 Å². The molecular formula is C21H20FN5O3S. The molecule has 2 N–H and O–H groups in total. The van der Waals surface area contributed by atoms with Crippen LogP contribution in [0.15, 0.2) is 70.8 Å². The van der Waals surface area contributed by atoms with Gasteiger partial charge in [0, 0.05) is 31.4 Å². The maximum Gasteiger partial charge on any atom is 0.263 e. The monoisotopic (exact) mass is 441 g/mol. The van der Waals surface area contributed by atoms with Crippen LogP contribution >= 0.6 is 0 Å². The summed E-state index contributed by atoms with van der Waals surface area (Å²) in [6.45, 7) is 0.0920. The van der Waals surface area contributed by atoms with Gasteiger partial charge in [-0.25, -0.2) is 17.8 Å². The van der Waals surface area contributed by atoms with E-state index in [2.05, 4.69) is 20.0 Å². The molecule has 1 aromatic heterocycles. The number of aliphatic imine (C=N–C) groups is 1. The Kier molecular flexibility index (Phi) is 5.55. The predicted octanol–water partition coefficient (Wildman–Crippen LogP) is 1.89. The van der Waals surface area contributed by atoms with E-state index in [1.165, 1.54) is 18.2 Å². The number of nitrogens with zero attached hydrogens (tertiary/aromatic N) is 3. The van der Waals surface area contributed by atoms with Crippen molar-refractivity contribution in [1.82, 2.24) is 19.6 Å². The van der Waals surface area contributed by atoms with Crippen molar-refractivity contribution < 1.29 is 17.6 Å². The average Bonchev–Trinajstić information content (AvgIpc) is 3.28. The smallest absolute Gasteiger partial charge is 0.263 e. The van der Waals surface area contributed by atoms with Crippen LogP contribution in [0.4, 0.5) is 4.39 Å². The first-order valence-corrected chi connectivity index (χ1v) is 11.0. The summed E-state index contributed by atoms with van der Waals surface area (Å²) >= 11 is 0. The van der Waals surface area contributed by atoms with Crippen LogP contribution in [0.2, 0.25) is 0 Å². The van der Waals surface area contributed by atoms with Gasteiger partial charge in [0.25, 0.3) is 10.0 Å². The Morgan fingerprint density at radius 1 is 1.23 bits per heavy atom. The standard InChI is InChI=1S/C21H20FN5O3S/c1-27-13-12-24-21(27)19(14-6-8-15(22)9-7-14)25-18(28)10-11-23-20-16-4-2-3-5-17(16)31(29,30)26-20/h2-9,12-13,19H,10-11H2,1H3,(H,23,26)(H,25,28). The summed E-state index contributed by atoms with van der Waals surface area (Å²) in [5.41, 5.74) is 1.17. The number of amidine groups is 1. The molecule has 2 heterocycles. The number of amides is 1. The van der Waals surface area contributed by atoms with Gasteiger partial charge in [-0.1, -0.05) is 24.3 Å². The summed E-state index contributed by atoms with van der Waals surface area (Å²) < 4.78 is 41.8. The number of aryl methyl sites for hydroxylation is 1. The highest BCUT2D eigenvalue weighted by molar-refractivity contribution is 7.90. The predicted molar refractivity (Wildman–Crippen MR) is 112 cm³/mol. The van der Waals surface area contributed by atoms with Gasteiger partial charge < -0.3 is 9.88 Å². The highest BCUT2D eigenvalue weighted by atomic mass is 32.2. The number of fused-ring (bicyclic) bond motifs is 1. The van der Waals surface area contributed by atoms with Gasteiger partial charge in [0.15, 0.2) is 0 Å². The first-order chi connectivity index (χ1) is 14.8. The quantitative estimate of drug-likeness (QED) is 0.609. The fourth-order valence-corrected chi connectivity index (χ4v) is 4.61. The lowest BCUT2D eigenvalue weighted by atomic mass is 10.1. The molecule has 0 saturated carbocycles. The highest BCUT2D eigenvalue weighted by Crippen LogP contribution is 2.23. The van der Waals surface area contributed by atoms with Crippen molar-refractivity contribution in [2.24, 2.45) is 12.0 Å². The largest absolute Gasteiger partial charge is 0.342 e. The minimum absolute atomic E-state index is 0.0372. The number of hydrogen-bond donors (Lipinski definition) is 2. The number of carbonyl (C=O) groups is 1. The lowest BCUT2D eigenvalue weighted by Crippen LogP contribution is -2.31. The van der Waals surface area contributed by atoms with Crippen molar-refractivity contribution in [3.63, 3.8) is 0 Å². The van der Waals surface area contributed by atoms with Crippen LogP contribution in [-0.4, -0.2) is 36.3 Å². The lowest BCUT2D eigenvalue weighted by molar-refractivity contribution is -0.121. The first-order valence-electron chi connectivity index (χ1n) is 9.54. The van der Waals surface area contributed by atoms with E-state index in [-0.39, 0.29) is 35.4 Å². The van der Waals surface area contributed by atoms with Gasteiger partial charge in [-0.05, 0) is 29.8 Å². The van der Waals surface area contributed by atoms with Crippen LogP contribution < -0.4 is 10.0 Å². The van der Waals surface area contributed by atoms with Crippen molar-refractivity contribution in [3.05, 3.63) is 83.7 Å². The molecule has 0 fully saturated rings. The van der Waals surface area contributed by atoms with Gasteiger partial charge in [0.1, 0.15) is 23.5 Å². The molecule has 0 saturated heterocycles. The third-order valence-electron chi connectivity index (χ3n) is 4.90. The number of halogens is 1. The van der Waals surface area contributed by atoms with Crippen molar-refractivity contribution >= 4 is 21.8 Å². The molecule has 1 aliphatic heterocycles. The Hall–Kier alpha value is -3.53. The Labute approximate surface area is 178 Å². The number of aromatic nitrogens is 2. The lowest BCUT2D eigenvalue weighted by Gasteiger charge is -2.19. The number of benzene rings is 2. The van der Waals surface area contributed by atoms with Crippen LogP contribution in [0.25, 0.3) is 0 Å². The summed E-state index contributed by atoms with van der Waals surface area (Å²) in [4.78, 5) is 21.4. The van der Waals surface area contributed by atoms with Gasteiger partial charge in [-0.3, -0.25) is 14.5 Å². The maximum atomic E-state index is 13.3. The van der Waals surface area contributed by atoms with Crippen LogP contribution in [0, 0.1) is 5.82 Å². The molecule has 1 atom stereocenters. The zero-order chi connectivity index (χ0) is 22.0. The minimum Gasteiger partial charge on any atom is -0.342 e. The normalized spacial score (nSPS) is 16.5. The molecule has 4 rings (SSSR count). The van der Waals surface area contributed by atoms with E-state index in [1.54, 1.807) is 54.3 Å². The summed E-state index contributed by atoms with van der Waals surface area (Å²) in [5.74, 6) is 0.158. The molecule has 2 aromatic carbocycles. The zero-order valence-corrected chi connectivity index (χ0v) is 17.4. The number of hydrogen-bond acceptors (Lipinski definition) is 5. The van der Waals surface area contributed by atoms with Crippen molar-refractivity contribution in [3.8, 4) is 0 Å². The van der Waals surface area contributed by atoms with Crippen molar-refractivity contribution in [2.75, 3.05) is 6.54 Å². The zero-order valence-electron chi connectivity index (χ0n) is 16.6. The molecule has 0 bridgehead atoms. The van der Waals surface area contributed by atoms with Crippen molar-refractivity contribution in [2.45, 2.75) is 17.4 Å². The Morgan fingerprint density at radius 3 is 2.68 bits per heavy atom. The SMILES string of the molecule is Cn1ccnc1C(NC(=O)CCN=C1NS(=O)(=O)c2ccccc21)c1ccc(F)cc1. The fraction of sp³-hybridized carbons (Fsp3) is 0.190. The molecule has 10 heteroatoms. The van der Waals surface area contributed by atoms with E-state index in [9.17, 15) is 17.6 Å². The molecule has 8 nitrogen and oxygen atoms in total. The highest BCUT2D eigenvalue weighted by Gasteiger charge is 2.30. The van der Waals surface area contributed by atoms with Crippen LogP contribution in [0.5, 0.6) is 0 Å². The molecule has 0 aliphatic carbocycles. The molecule has 31 heavy (non-hydrogen) atoms. The summed E-state index contributed by atoms with van der Waals surface area (Å²) in [6.07, 6.45) is 3.41. The third-order valence-corrected chi connectivity index (χ3v) is 6.29. The van der Waals surface area contributed by atoms with E-state index < -0.39 is 16.1 Å². The second-order valence-corrected chi connectivity index (χ2v) is 8.68. The second kappa shape index (κ2) is 8.31. The number of carbonyl (C=O) groups excluding carboxylic acids is 1. The number of nitrogens with one attached hydrogen (secondary N) is 2. The van der Waals surface area contributed by atoms with Gasteiger partial charge in [-0.2, -0.15) is 0 Å². The second-order valence-electron chi connectivity index (χ2n) is 7.03. The number of imidazole rings is 1. The summed E-state index contributed by atoms with van der Waals surface area (Å²) in [5, 5.41) is 2.90.